The summed E-state index contributed by atoms with van der Waals surface area (Å²) in [7, 11) is -0.331. The van der Waals surface area contributed by atoms with Gasteiger partial charge >= 0.3 is 0 Å². The predicted molar refractivity (Wildman–Crippen MR) is 111 cm³/mol. The van der Waals surface area contributed by atoms with Gasteiger partial charge in [0.05, 0.1) is 12.0 Å². The zero-order valence-electron chi connectivity index (χ0n) is 16.6. The monoisotopic (exact) mass is 433 g/mol. The molecule has 11 heteroatoms. The van der Waals surface area contributed by atoms with Crippen molar-refractivity contribution < 1.29 is 22.6 Å². The molecule has 2 aliphatic heterocycles. The van der Waals surface area contributed by atoms with Crippen molar-refractivity contribution in [3.8, 4) is 17.2 Å². The number of sulfonamides is 1. The van der Waals surface area contributed by atoms with E-state index in [2.05, 4.69) is 14.6 Å². The number of benzene rings is 2. The van der Waals surface area contributed by atoms with Gasteiger partial charge in [0.2, 0.25) is 18.5 Å². The van der Waals surface area contributed by atoms with Crippen LogP contribution >= 0.6 is 0 Å². The summed E-state index contributed by atoms with van der Waals surface area (Å²) in [6.45, 7) is 0.985. The lowest BCUT2D eigenvalue weighted by Crippen LogP contribution is -2.37. The molecule has 0 spiro atoms. The molecule has 2 aliphatic rings. The van der Waals surface area contributed by atoms with Crippen LogP contribution in [0.1, 0.15) is 17.3 Å². The molecule has 1 atom stereocenters. The van der Waals surface area contributed by atoms with E-state index in [1.807, 2.05) is 13.1 Å². The first-order chi connectivity index (χ1) is 14.3. The number of nitrogens with two attached hydrogens (primary N) is 2. The Kier molecular flexibility index (Phi) is 5.08. The van der Waals surface area contributed by atoms with Crippen LogP contribution < -0.4 is 31.0 Å². The van der Waals surface area contributed by atoms with Gasteiger partial charge in [-0.3, -0.25) is 4.90 Å². The molecular formula is C19H23N5O5S. The number of nitrogens with zero attached hydrogens (tertiary/aromatic N) is 2. The molecule has 0 unspecified atom stereocenters. The molecule has 2 heterocycles. The first-order valence-electron chi connectivity index (χ1n) is 9.22. The molecule has 2 aromatic rings. The van der Waals surface area contributed by atoms with Crippen LogP contribution in [-0.4, -0.2) is 46.8 Å². The number of likely N-dealkylation sites (N-methyl/N-ethyl adjacent to an activating group) is 1. The minimum absolute atomic E-state index is 0.000187. The van der Waals surface area contributed by atoms with Gasteiger partial charge < -0.3 is 31.0 Å². The van der Waals surface area contributed by atoms with Gasteiger partial charge in [-0.15, -0.1) is 4.40 Å². The lowest BCUT2D eigenvalue weighted by atomic mass is 9.94. The van der Waals surface area contributed by atoms with Crippen LogP contribution in [0.3, 0.4) is 0 Å². The second-order valence-corrected chi connectivity index (χ2v) is 8.61. The van der Waals surface area contributed by atoms with E-state index in [-0.39, 0.29) is 17.9 Å². The zero-order chi connectivity index (χ0) is 21.5. The van der Waals surface area contributed by atoms with E-state index in [4.69, 9.17) is 25.7 Å². The number of ether oxygens (including phenoxy) is 3. The second kappa shape index (κ2) is 7.58. The molecule has 0 amide bonds. The summed E-state index contributed by atoms with van der Waals surface area (Å²) < 4.78 is 44.4. The molecule has 0 aliphatic carbocycles. The Hall–Kier alpha value is -3.18. The van der Waals surface area contributed by atoms with Gasteiger partial charge in [0.25, 0.3) is 10.0 Å². The quantitative estimate of drug-likeness (QED) is 0.465. The molecule has 5 N–H and O–H groups in total. The third kappa shape index (κ3) is 3.57. The average Bonchev–Trinajstić information content (AvgIpc) is 3.16. The van der Waals surface area contributed by atoms with Gasteiger partial charge in [-0.2, -0.15) is 8.42 Å². The highest BCUT2D eigenvalue weighted by Crippen LogP contribution is 2.49. The van der Waals surface area contributed by atoms with Crippen molar-refractivity contribution >= 4 is 21.7 Å². The van der Waals surface area contributed by atoms with E-state index in [9.17, 15) is 8.42 Å². The third-order valence-electron chi connectivity index (χ3n) is 5.08. The van der Waals surface area contributed by atoms with Gasteiger partial charge in [-0.1, -0.05) is 0 Å². The van der Waals surface area contributed by atoms with Crippen molar-refractivity contribution in [2.45, 2.75) is 17.5 Å². The normalized spacial score (nSPS) is 17.9. The molecule has 0 fully saturated rings. The smallest absolute Gasteiger partial charge is 0.285 e. The van der Waals surface area contributed by atoms with Crippen molar-refractivity contribution in [2.75, 3.05) is 32.8 Å². The van der Waals surface area contributed by atoms with E-state index >= 15 is 0 Å². The molecule has 0 saturated heterocycles. The highest BCUT2D eigenvalue weighted by Gasteiger charge is 2.34. The average molecular weight is 433 g/mol. The maximum Gasteiger partial charge on any atom is 0.285 e. The van der Waals surface area contributed by atoms with Gasteiger partial charge in [0.1, 0.15) is 6.17 Å². The van der Waals surface area contributed by atoms with Crippen LogP contribution in [0.15, 0.2) is 39.6 Å². The van der Waals surface area contributed by atoms with E-state index < -0.39 is 16.0 Å². The summed E-state index contributed by atoms with van der Waals surface area (Å²) in [6, 6.07) is 8.22. The van der Waals surface area contributed by atoms with Crippen molar-refractivity contribution in [1.29, 1.82) is 0 Å². The summed E-state index contributed by atoms with van der Waals surface area (Å²) in [4.78, 5) is 2.15. The number of anilines is 1. The maximum absolute atomic E-state index is 12.1. The molecule has 160 valence electrons. The van der Waals surface area contributed by atoms with Crippen molar-refractivity contribution in [3.63, 3.8) is 0 Å². The van der Waals surface area contributed by atoms with Crippen molar-refractivity contribution in [2.24, 2.45) is 15.9 Å². The SMILES string of the molecule is COc1c2c(cc3c1[C@H](Nc1ccc(S(=O)(=O)N=C(N)N)cc1)N(C)CC3)OCO2. The van der Waals surface area contributed by atoms with E-state index in [1.165, 1.54) is 12.1 Å². The van der Waals surface area contributed by atoms with E-state index in [1.54, 1.807) is 19.2 Å². The number of hydrogen-bond donors (Lipinski definition) is 3. The standard InChI is InChI=1S/C19H23N5O5S/c1-24-8-7-11-9-14-16(29-10-28-14)17(27-2)15(11)18(24)22-12-3-5-13(6-4-12)30(25,26)23-19(20)21/h3-6,9,18,22H,7-8,10H2,1-2H3,(H4,20,21,23)/t18-/m1/s1. The third-order valence-corrected chi connectivity index (χ3v) is 6.40. The predicted octanol–water partition coefficient (Wildman–Crippen LogP) is 0.985. The molecule has 2 aromatic carbocycles. The number of nitrogens with one attached hydrogen (secondary N) is 1. The topological polar surface area (TPSA) is 141 Å². The lowest BCUT2D eigenvalue weighted by Gasteiger charge is -2.36. The Balaban J connectivity index is 1.67. The first kappa shape index (κ1) is 20.1. The molecule has 0 bridgehead atoms. The number of hydrogen-bond acceptors (Lipinski definition) is 7. The molecule has 10 nitrogen and oxygen atoms in total. The Morgan fingerprint density at radius 2 is 2.00 bits per heavy atom. The Bertz CT molecular complexity index is 1100. The Morgan fingerprint density at radius 3 is 2.67 bits per heavy atom. The van der Waals surface area contributed by atoms with Crippen LogP contribution in [0, 0.1) is 0 Å². The maximum atomic E-state index is 12.1. The van der Waals surface area contributed by atoms with Gasteiger partial charge in [-0.25, -0.2) is 0 Å². The Labute approximate surface area is 174 Å². The minimum atomic E-state index is -3.94. The van der Waals surface area contributed by atoms with Crippen molar-refractivity contribution in [3.05, 3.63) is 41.5 Å². The molecule has 0 aromatic heterocycles. The van der Waals surface area contributed by atoms with E-state index in [0.717, 1.165) is 29.8 Å². The highest BCUT2D eigenvalue weighted by molar-refractivity contribution is 7.90. The minimum Gasteiger partial charge on any atom is -0.492 e. The molecule has 30 heavy (non-hydrogen) atoms. The van der Waals surface area contributed by atoms with Crippen molar-refractivity contribution in [1.82, 2.24) is 4.90 Å². The number of rotatable bonds is 5. The molecular weight excluding hydrogens is 410 g/mol. The summed E-state index contributed by atoms with van der Waals surface area (Å²) in [6.07, 6.45) is 0.630. The van der Waals surface area contributed by atoms with Gasteiger partial charge in [-0.05, 0) is 49.4 Å². The van der Waals surface area contributed by atoms with Crippen LogP contribution in [0.4, 0.5) is 5.69 Å². The fourth-order valence-corrected chi connectivity index (χ4v) is 4.55. The summed E-state index contributed by atoms with van der Waals surface area (Å²) in [5.74, 6) is 1.40. The fourth-order valence-electron chi connectivity index (χ4n) is 3.69. The Morgan fingerprint density at radius 1 is 1.27 bits per heavy atom. The largest absolute Gasteiger partial charge is 0.492 e. The second-order valence-electron chi connectivity index (χ2n) is 7.01. The van der Waals surface area contributed by atoms with Gasteiger partial charge in [0, 0.05) is 17.8 Å². The zero-order valence-corrected chi connectivity index (χ0v) is 17.4. The van der Waals surface area contributed by atoms with Crippen LogP contribution in [0.5, 0.6) is 17.2 Å². The first-order valence-corrected chi connectivity index (χ1v) is 10.7. The molecule has 0 saturated carbocycles. The highest BCUT2D eigenvalue weighted by atomic mass is 32.2. The van der Waals surface area contributed by atoms with E-state index in [0.29, 0.717) is 17.2 Å². The van der Waals surface area contributed by atoms with Crippen LogP contribution in [0.2, 0.25) is 0 Å². The lowest BCUT2D eigenvalue weighted by molar-refractivity contribution is 0.170. The number of guanidine groups is 1. The van der Waals surface area contributed by atoms with Crippen LogP contribution in [0.25, 0.3) is 0 Å². The molecule has 4 rings (SSSR count). The molecule has 0 radical (unpaired) electrons. The number of fused-ring (bicyclic) bond motifs is 2. The summed E-state index contributed by atoms with van der Waals surface area (Å²) in [5.41, 5.74) is 13.2. The number of methoxy groups -OCH3 is 1. The summed E-state index contributed by atoms with van der Waals surface area (Å²) in [5, 5.41) is 3.44. The fraction of sp³-hybridized carbons (Fsp3) is 0.316. The van der Waals surface area contributed by atoms with Crippen LogP contribution in [-0.2, 0) is 16.4 Å². The summed E-state index contributed by atoms with van der Waals surface area (Å²) >= 11 is 0. The van der Waals surface area contributed by atoms with Gasteiger partial charge in [0.15, 0.2) is 11.5 Å².